The second-order valence-electron chi connectivity index (χ2n) is 2.48. The highest BCUT2D eigenvalue weighted by atomic mass is 32.1. The summed E-state index contributed by atoms with van der Waals surface area (Å²) in [5.74, 6) is -1.47. The summed E-state index contributed by atoms with van der Waals surface area (Å²) in [7, 11) is 0. The highest BCUT2D eigenvalue weighted by Crippen LogP contribution is 1.80. The van der Waals surface area contributed by atoms with Crippen molar-refractivity contribution in [2.45, 2.75) is 26.2 Å². The fourth-order valence-electron chi connectivity index (χ4n) is 0.191. The summed E-state index contributed by atoms with van der Waals surface area (Å²) in [5, 5.41) is 23.5. The molecule has 0 spiro atoms. The van der Waals surface area contributed by atoms with Crippen LogP contribution in [0.2, 0.25) is 0 Å². The van der Waals surface area contributed by atoms with Crippen LogP contribution in [0, 0.1) is 0 Å². The summed E-state index contributed by atoms with van der Waals surface area (Å²) in [6.45, 7) is 1.60. The molecule has 0 aliphatic carbocycles. The minimum atomic E-state index is -0.787. The van der Waals surface area contributed by atoms with Gasteiger partial charge in [-0.15, -0.1) is 0 Å². The third kappa shape index (κ3) is 51.4. The molecule has 0 unspecified atom stereocenters. The average molecular weight is 286 g/mol. The van der Waals surface area contributed by atoms with E-state index in [0.717, 1.165) is 0 Å². The molecule has 0 rings (SSSR count). The van der Waals surface area contributed by atoms with Gasteiger partial charge in [0.05, 0.1) is 12.8 Å². The Hall–Kier alpha value is -0.890. The van der Waals surface area contributed by atoms with Gasteiger partial charge in [-0.1, -0.05) is 6.92 Å². The third-order valence-corrected chi connectivity index (χ3v) is 1.40. The molecule has 3 N–H and O–H groups in total. The van der Waals surface area contributed by atoms with Crippen LogP contribution in [0.5, 0.6) is 0 Å². The molecule has 6 nitrogen and oxygen atoms in total. The van der Waals surface area contributed by atoms with E-state index < -0.39 is 17.9 Å². The van der Waals surface area contributed by atoms with E-state index in [0.29, 0.717) is 11.5 Å². The van der Waals surface area contributed by atoms with Crippen LogP contribution >= 0.6 is 25.3 Å². The largest absolute Gasteiger partial charge is 0.481 e. The van der Waals surface area contributed by atoms with E-state index >= 15 is 0 Å². The molecule has 8 heteroatoms. The molecular weight excluding hydrogens is 268 g/mol. The van der Waals surface area contributed by atoms with E-state index in [-0.39, 0.29) is 19.3 Å². The molecule has 0 aromatic rings. The van der Waals surface area contributed by atoms with Crippen LogP contribution in [0.15, 0.2) is 0 Å². The second kappa shape index (κ2) is 17.5. The quantitative estimate of drug-likeness (QED) is 0.486. The van der Waals surface area contributed by atoms with Gasteiger partial charge in [0.25, 0.3) is 0 Å². The topological polar surface area (TPSA) is 112 Å². The van der Waals surface area contributed by atoms with E-state index in [2.05, 4.69) is 25.3 Å². The molecule has 0 saturated carbocycles. The summed E-state index contributed by atoms with van der Waals surface area (Å²) < 4.78 is 0. The molecule has 0 amide bonds. The Morgan fingerprint density at radius 1 is 0.824 bits per heavy atom. The SMILES string of the molecule is CCC(=O)O.O=C(O)CCS.O=C(O)CCS. The van der Waals surface area contributed by atoms with Crippen molar-refractivity contribution in [2.24, 2.45) is 0 Å². The predicted molar refractivity (Wildman–Crippen MR) is 70.1 cm³/mol. The Morgan fingerprint density at radius 2 is 1.06 bits per heavy atom. The van der Waals surface area contributed by atoms with Crippen LogP contribution in [-0.2, 0) is 14.4 Å². The van der Waals surface area contributed by atoms with Gasteiger partial charge in [-0.2, -0.15) is 25.3 Å². The molecule has 0 fully saturated rings. The van der Waals surface area contributed by atoms with Gasteiger partial charge in [0.1, 0.15) is 0 Å². The Labute approximate surface area is 111 Å². The predicted octanol–water partition coefficient (Wildman–Crippen LogP) is 1.26. The second-order valence-corrected chi connectivity index (χ2v) is 3.38. The molecule has 0 aliphatic heterocycles. The first-order chi connectivity index (χ1) is 7.81. The van der Waals surface area contributed by atoms with Crippen molar-refractivity contribution in [1.82, 2.24) is 0 Å². The first kappa shape index (κ1) is 21.4. The van der Waals surface area contributed by atoms with Crippen LogP contribution in [0.1, 0.15) is 26.2 Å². The Balaban J connectivity index is -0.000000174. The van der Waals surface area contributed by atoms with Crippen LogP contribution in [0.25, 0.3) is 0 Å². The van der Waals surface area contributed by atoms with Crippen molar-refractivity contribution in [3.8, 4) is 0 Å². The summed E-state index contributed by atoms with van der Waals surface area (Å²) in [6.07, 6.45) is 0.534. The van der Waals surface area contributed by atoms with Gasteiger partial charge in [0, 0.05) is 17.9 Å². The number of hydrogen-bond acceptors (Lipinski definition) is 5. The van der Waals surface area contributed by atoms with Crippen molar-refractivity contribution in [3.05, 3.63) is 0 Å². The van der Waals surface area contributed by atoms with Crippen LogP contribution in [0.4, 0.5) is 0 Å². The monoisotopic (exact) mass is 286 g/mol. The number of aliphatic carboxylic acids is 3. The van der Waals surface area contributed by atoms with Gasteiger partial charge in [-0.05, 0) is 0 Å². The van der Waals surface area contributed by atoms with Crippen LogP contribution < -0.4 is 0 Å². The minimum absolute atomic E-state index is 0.156. The first-order valence-electron chi connectivity index (χ1n) is 4.68. The zero-order chi connectivity index (χ0) is 14.3. The number of rotatable bonds is 5. The molecular formula is C9H18O6S2. The van der Waals surface area contributed by atoms with Crippen molar-refractivity contribution in [2.75, 3.05) is 11.5 Å². The lowest BCUT2D eigenvalue weighted by Crippen LogP contribution is -1.93. The standard InChI is InChI=1S/2C3H6O2S.C3H6O2/c2*4-3(5)1-2-6;1-2-3(4)5/h2*6H,1-2H2,(H,4,5);2H2,1H3,(H,4,5). The number of carboxylic acids is 3. The molecule has 0 atom stereocenters. The normalized spacial score (nSPS) is 7.94. The van der Waals surface area contributed by atoms with Gasteiger partial charge in [0.15, 0.2) is 0 Å². The summed E-state index contributed by atoms with van der Waals surface area (Å²) in [6, 6.07) is 0. The van der Waals surface area contributed by atoms with Gasteiger partial charge in [-0.25, -0.2) is 0 Å². The van der Waals surface area contributed by atoms with Crippen molar-refractivity contribution in [3.63, 3.8) is 0 Å². The van der Waals surface area contributed by atoms with E-state index in [1.165, 1.54) is 0 Å². The number of hydrogen-bond donors (Lipinski definition) is 5. The first-order valence-corrected chi connectivity index (χ1v) is 5.95. The zero-order valence-corrected chi connectivity index (χ0v) is 11.3. The summed E-state index contributed by atoms with van der Waals surface area (Å²) in [4.78, 5) is 28.5. The van der Waals surface area contributed by atoms with Crippen molar-refractivity contribution in [1.29, 1.82) is 0 Å². The molecule has 0 aliphatic rings. The smallest absolute Gasteiger partial charge is 0.304 e. The maximum absolute atomic E-state index is 9.55. The maximum Gasteiger partial charge on any atom is 0.304 e. The molecule has 102 valence electrons. The Morgan fingerprint density at radius 3 is 1.06 bits per heavy atom. The molecule has 17 heavy (non-hydrogen) atoms. The molecule has 0 aromatic carbocycles. The molecule has 0 heterocycles. The van der Waals surface area contributed by atoms with Gasteiger partial charge in [0.2, 0.25) is 0 Å². The van der Waals surface area contributed by atoms with Crippen molar-refractivity contribution >= 4 is 43.2 Å². The summed E-state index contributed by atoms with van der Waals surface area (Å²) >= 11 is 7.36. The molecule has 0 aromatic heterocycles. The summed E-state index contributed by atoms with van der Waals surface area (Å²) in [5.41, 5.74) is 0. The van der Waals surface area contributed by atoms with Crippen molar-refractivity contribution < 1.29 is 29.7 Å². The molecule has 0 radical (unpaired) electrons. The minimum Gasteiger partial charge on any atom is -0.481 e. The lowest BCUT2D eigenvalue weighted by atomic mass is 10.5. The van der Waals surface area contributed by atoms with E-state index in [4.69, 9.17) is 15.3 Å². The van der Waals surface area contributed by atoms with Crippen LogP contribution in [-0.4, -0.2) is 44.7 Å². The van der Waals surface area contributed by atoms with Gasteiger partial charge < -0.3 is 15.3 Å². The van der Waals surface area contributed by atoms with Gasteiger partial charge >= 0.3 is 17.9 Å². The fourth-order valence-corrected chi connectivity index (χ4v) is 0.574. The zero-order valence-electron chi connectivity index (χ0n) is 9.50. The third-order valence-electron chi connectivity index (χ3n) is 0.954. The number of thiol groups is 2. The Bertz CT molecular complexity index is 204. The fraction of sp³-hybridized carbons (Fsp3) is 0.667. The molecule has 0 saturated heterocycles. The average Bonchev–Trinajstić information content (AvgIpc) is 2.19. The highest BCUT2D eigenvalue weighted by molar-refractivity contribution is 7.80. The Kier molecular flexibility index (Phi) is 22.0. The van der Waals surface area contributed by atoms with Crippen LogP contribution in [0.3, 0.4) is 0 Å². The lowest BCUT2D eigenvalue weighted by Gasteiger charge is -1.79. The van der Waals surface area contributed by atoms with E-state index in [1.807, 2.05) is 0 Å². The van der Waals surface area contributed by atoms with E-state index in [9.17, 15) is 14.4 Å². The molecule has 0 bridgehead atoms. The highest BCUT2D eigenvalue weighted by Gasteiger charge is 1.88. The maximum atomic E-state index is 9.55. The van der Waals surface area contributed by atoms with E-state index in [1.54, 1.807) is 6.92 Å². The number of carbonyl (C=O) groups is 3. The number of carboxylic acid groups (broad SMARTS) is 3. The van der Waals surface area contributed by atoms with Gasteiger partial charge in [-0.3, -0.25) is 14.4 Å². The lowest BCUT2D eigenvalue weighted by molar-refractivity contribution is -0.137.